The molecular weight excluding hydrogens is 801 g/mol. The normalized spacial score (nSPS) is 14.1. The van der Waals surface area contributed by atoms with Crippen LogP contribution in [0, 0.1) is 5.92 Å². The largest absolute Gasteiger partial charge is 0.444 e. The topological polar surface area (TPSA) is 140 Å². The fourth-order valence-corrected chi connectivity index (χ4v) is 9.66. The minimum Gasteiger partial charge on any atom is -0.444 e. The number of aromatic nitrogens is 2. The molecule has 0 fully saturated rings. The predicted molar refractivity (Wildman–Crippen MR) is 242 cm³/mol. The number of carbonyl (C=O) groups is 3. The molecule has 11 nitrogen and oxygen atoms in total. The molecule has 0 radical (unpaired) electrons. The van der Waals surface area contributed by atoms with Crippen LogP contribution >= 0.6 is 34.4 Å². The van der Waals surface area contributed by atoms with E-state index in [4.69, 9.17) is 20.2 Å². The van der Waals surface area contributed by atoms with E-state index in [1.807, 2.05) is 79.9 Å². The highest BCUT2D eigenvalue weighted by Crippen LogP contribution is 2.30. The molecule has 0 bridgehead atoms. The highest BCUT2D eigenvalue weighted by Gasteiger charge is 2.41. The summed E-state index contributed by atoms with van der Waals surface area (Å²) < 4.78 is 13.0. The van der Waals surface area contributed by atoms with Crippen molar-refractivity contribution in [2.75, 3.05) is 12.8 Å². The number of carbonyl (C=O) groups excluding carboxylic acids is 3. The molecule has 0 spiro atoms. The molecule has 4 amide bonds. The molecule has 0 saturated heterocycles. The first-order valence-electron chi connectivity index (χ1n) is 20.8. The van der Waals surface area contributed by atoms with Crippen molar-refractivity contribution in [1.82, 2.24) is 25.1 Å². The van der Waals surface area contributed by atoms with Crippen LogP contribution < -0.4 is 11.1 Å². The second kappa shape index (κ2) is 24.9. The number of nitrogens with one attached hydrogen (secondary N) is 1. The lowest BCUT2D eigenvalue weighted by Gasteiger charge is -2.43. The van der Waals surface area contributed by atoms with Gasteiger partial charge in [0.05, 0.1) is 39.8 Å². The Bertz CT molecular complexity index is 1810. The Morgan fingerprint density at radius 2 is 1.61 bits per heavy atom. The Morgan fingerprint density at radius 3 is 2.17 bits per heavy atom. The number of unbranched alkanes of at least 4 members (excludes halogenated alkanes) is 1. The third-order valence-electron chi connectivity index (χ3n) is 9.98. The zero-order valence-electron chi connectivity index (χ0n) is 35.8. The van der Waals surface area contributed by atoms with Crippen LogP contribution in [0.15, 0.2) is 77.8 Å². The Kier molecular flexibility index (Phi) is 20.2. The van der Waals surface area contributed by atoms with Gasteiger partial charge in [0.25, 0.3) is 0 Å². The highest BCUT2D eigenvalue weighted by atomic mass is 32.2. The van der Waals surface area contributed by atoms with E-state index in [0.29, 0.717) is 19.3 Å². The molecular formula is C45H64N6O5S3. The summed E-state index contributed by atoms with van der Waals surface area (Å²) in [5.74, 6) is 0.304. The van der Waals surface area contributed by atoms with Gasteiger partial charge >= 0.3 is 12.1 Å². The van der Waals surface area contributed by atoms with Crippen molar-refractivity contribution in [3.05, 3.63) is 104 Å². The summed E-state index contributed by atoms with van der Waals surface area (Å²) in [6, 6.07) is 17.5. The van der Waals surface area contributed by atoms with Gasteiger partial charge in [-0.05, 0) is 54.9 Å². The van der Waals surface area contributed by atoms with E-state index in [2.05, 4.69) is 38.0 Å². The van der Waals surface area contributed by atoms with E-state index < -0.39 is 36.2 Å². The van der Waals surface area contributed by atoms with Crippen LogP contribution in [0.2, 0.25) is 0 Å². The number of nitrogens with zero attached hydrogens (tertiary/aromatic N) is 4. The summed E-state index contributed by atoms with van der Waals surface area (Å²) in [5, 5.41) is 6.18. The summed E-state index contributed by atoms with van der Waals surface area (Å²) in [6.45, 7) is 12.7. The van der Waals surface area contributed by atoms with Crippen LogP contribution in [-0.2, 0) is 40.3 Å². The Labute approximate surface area is 363 Å². The predicted octanol–water partition coefficient (Wildman–Crippen LogP) is 9.67. The number of hydrogen-bond acceptors (Lipinski definition) is 10. The first-order valence-corrected chi connectivity index (χ1v) is 23.6. The van der Waals surface area contributed by atoms with Gasteiger partial charge in [0, 0.05) is 30.6 Å². The zero-order valence-corrected chi connectivity index (χ0v) is 38.2. The summed E-state index contributed by atoms with van der Waals surface area (Å²) in [5.41, 5.74) is 10.6. The summed E-state index contributed by atoms with van der Waals surface area (Å²) >= 11 is 4.78. The van der Waals surface area contributed by atoms with Crippen molar-refractivity contribution < 1.29 is 23.9 Å². The first kappa shape index (κ1) is 47.7. The van der Waals surface area contributed by atoms with Crippen LogP contribution in [-0.4, -0.2) is 80.3 Å². The maximum absolute atomic E-state index is 15.1. The average molecular weight is 865 g/mol. The minimum atomic E-state index is -0.934. The maximum atomic E-state index is 15.1. The molecule has 4 aromatic rings. The second-order valence-electron chi connectivity index (χ2n) is 15.6. The summed E-state index contributed by atoms with van der Waals surface area (Å²) in [7, 11) is 1.75. The molecule has 59 heavy (non-hydrogen) atoms. The molecule has 0 saturated carbocycles. The Hall–Kier alpha value is -3.98. The maximum Gasteiger partial charge on any atom is 0.407 e. The number of thiazole rings is 2. The number of thioether (sulfide) groups is 1. The lowest BCUT2D eigenvalue weighted by molar-refractivity contribution is -0.125. The summed E-state index contributed by atoms with van der Waals surface area (Å²) in [6.07, 6.45) is 5.46. The van der Waals surface area contributed by atoms with Crippen LogP contribution in [0.5, 0.6) is 0 Å². The molecule has 1 unspecified atom stereocenters. The SMILES string of the molecule is CCCCSC(CCC)O[C@@H](C[C@H](Cc1ccccc1)N(C(=O)N(C)Cc1csc(C(C)C)n1)[C@H](C(N)=O)C(C)C)[C@H](Cc1ccccc1)NC(=O)OCc1cncs1. The molecule has 2 aromatic carbocycles. The van der Waals surface area contributed by atoms with Gasteiger partial charge in [-0.2, -0.15) is 0 Å². The van der Waals surface area contributed by atoms with Crippen LogP contribution in [0.1, 0.15) is 106 Å². The molecule has 0 aliphatic rings. The van der Waals surface area contributed by atoms with Gasteiger partial charge in [-0.3, -0.25) is 9.78 Å². The monoisotopic (exact) mass is 864 g/mol. The van der Waals surface area contributed by atoms with E-state index in [9.17, 15) is 9.59 Å². The quantitative estimate of drug-likeness (QED) is 0.0496. The number of urea groups is 1. The van der Waals surface area contributed by atoms with Crippen molar-refractivity contribution in [3.8, 4) is 0 Å². The fourth-order valence-electron chi connectivity index (χ4n) is 6.99. The fraction of sp³-hybridized carbons (Fsp3) is 0.533. The minimum absolute atomic E-state index is 0.0863. The molecule has 3 N–H and O–H groups in total. The highest BCUT2D eigenvalue weighted by molar-refractivity contribution is 7.99. The standard InChI is InChI=1S/C45H64N6O5S3/c1-8-10-22-57-40(17-9-2)56-39(38(24-34-20-15-12-16-21-34)49-44(53)55-28-37-26-47-30-59-37)25-36(23-33-18-13-11-14-19-33)51(41(31(3)4)42(46)52)45(54)50(7)27-35-29-58-43(48-35)32(5)6/h11-16,18-21,26,29-32,36,38-41H,8-10,17,22-25,27-28H2,1-7H3,(H2,46,52)(H,49,53)/t36-,38-,39-,40?,41-/m0/s1. The number of nitrogens with two attached hydrogens (primary N) is 1. The van der Waals surface area contributed by atoms with Crippen LogP contribution in [0.25, 0.3) is 0 Å². The van der Waals surface area contributed by atoms with Gasteiger partial charge in [-0.1, -0.05) is 115 Å². The Balaban J connectivity index is 1.83. The van der Waals surface area contributed by atoms with Crippen molar-refractivity contribution in [3.63, 3.8) is 0 Å². The van der Waals surface area contributed by atoms with E-state index in [1.54, 1.807) is 51.7 Å². The molecule has 322 valence electrons. The molecule has 5 atom stereocenters. The lowest BCUT2D eigenvalue weighted by Crippen LogP contribution is -2.60. The van der Waals surface area contributed by atoms with Gasteiger partial charge < -0.3 is 30.3 Å². The van der Waals surface area contributed by atoms with Crippen molar-refractivity contribution in [2.24, 2.45) is 11.7 Å². The van der Waals surface area contributed by atoms with Crippen LogP contribution in [0.3, 0.4) is 0 Å². The molecule has 2 heterocycles. The van der Waals surface area contributed by atoms with E-state index in [0.717, 1.165) is 58.1 Å². The number of benzene rings is 2. The average Bonchev–Trinajstić information content (AvgIpc) is 3.92. The number of amides is 4. The molecule has 0 aliphatic heterocycles. The second-order valence-corrected chi connectivity index (χ2v) is 18.8. The third-order valence-corrected chi connectivity index (χ3v) is 13.2. The van der Waals surface area contributed by atoms with Crippen LogP contribution in [0.4, 0.5) is 9.59 Å². The molecule has 0 aliphatic carbocycles. The van der Waals surface area contributed by atoms with Crippen molar-refractivity contribution in [1.29, 1.82) is 0 Å². The van der Waals surface area contributed by atoms with E-state index in [1.165, 1.54) is 11.3 Å². The smallest absolute Gasteiger partial charge is 0.407 e. The lowest BCUT2D eigenvalue weighted by atomic mass is 9.90. The Morgan fingerprint density at radius 1 is 0.932 bits per heavy atom. The number of alkyl carbamates (subject to hydrolysis) is 1. The number of rotatable bonds is 25. The number of primary amides is 1. The van der Waals surface area contributed by atoms with Gasteiger partial charge in [0.15, 0.2) is 0 Å². The van der Waals surface area contributed by atoms with Gasteiger partial charge in [-0.25, -0.2) is 14.6 Å². The number of ether oxygens (including phenoxy) is 2. The number of hydrogen-bond donors (Lipinski definition) is 2. The van der Waals surface area contributed by atoms with Gasteiger partial charge in [0.2, 0.25) is 5.91 Å². The first-order chi connectivity index (χ1) is 28.4. The van der Waals surface area contributed by atoms with Gasteiger partial charge in [-0.15, -0.1) is 34.4 Å². The third kappa shape index (κ3) is 15.5. The summed E-state index contributed by atoms with van der Waals surface area (Å²) in [4.78, 5) is 55.4. The van der Waals surface area contributed by atoms with E-state index >= 15 is 4.79 Å². The van der Waals surface area contributed by atoms with E-state index in [-0.39, 0.29) is 36.5 Å². The molecule has 4 rings (SSSR count). The molecule has 14 heteroatoms. The zero-order chi connectivity index (χ0) is 42.7. The van der Waals surface area contributed by atoms with Crippen molar-refractivity contribution >= 4 is 52.5 Å². The molecule has 2 aromatic heterocycles. The van der Waals surface area contributed by atoms with Crippen molar-refractivity contribution in [2.45, 2.75) is 135 Å². The van der Waals surface area contributed by atoms with Gasteiger partial charge in [0.1, 0.15) is 18.1 Å².